The van der Waals surface area contributed by atoms with Crippen molar-refractivity contribution in [1.29, 1.82) is 0 Å². The number of anilines is 1. The van der Waals surface area contributed by atoms with E-state index in [-0.39, 0.29) is 18.6 Å². The molecule has 0 bridgehead atoms. The van der Waals surface area contributed by atoms with Gasteiger partial charge in [-0.25, -0.2) is 0 Å². The Kier molecular flexibility index (Phi) is 2.99. The molecular formula is C15H20N2O3. The van der Waals surface area contributed by atoms with Gasteiger partial charge in [-0.2, -0.15) is 0 Å². The summed E-state index contributed by atoms with van der Waals surface area (Å²) in [6, 6.07) is 3.86. The van der Waals surface area contributed by atoms with E-state index in [1.165, 1.54) is 6.92 Å². The molecule has 2 heterocycles. The van der Waals surface area contributed by atoms with Crippen LogP contribution in [0, 0.1) is 0 Å². The molecule has 2 aliphatic rings. The number of nitrogens with zero attached hydrogens (tertiary/aromatic N) is 1. The van der Waals surface area contributed by atoms with E-state index in [4.69, 9.17) is 10.5 Å². The molecule has 0 radical (unpaired) electrons. The molecule has 0 spiro atoms. The van der Waals surface area contributed by atoms with Gasteiger partial charge >= 0.3 is 0 Å². The fourth-order valence-corrected chi connectivity index (χ4v) is 3.17. The van der Waals surface area contributed by atoms with Crippen molar-refractivity contribution in [3.63, 3.8) is 0 Å². The van der Waals surface area contributed by atoms with Crippen molar-refractivity contribution in [3.05, 3.63) is 23.3 Å². The Bertz CT molecular complexity index is 572. The van der Waals surface area contributed by atoms with Crippen molar-refractivity contribution in [2.24, 2.45) is 5.73 Å². The van der Waals surface area contributed by atoms with Gasteiger partial charge in [-0.05, 0) is 13.3 Å². The SMILES string of the molecule is CC(=O)N1CCC(O)(CN)c2ccc3c(c21)OC(C)C3. The molecule has 1 aromatic rings. The van der Waals surface area contributed by atoms with Gasteiger partial charge in [0.2, 0.25) is 5.91 Å². The van der Waals surface area contributed by atoms with Crippen molar-refractivity contribution in [2.75, 3.05) is 18.0 Å². The molecule has 5 nitrogen and oxygen atoms in total. The smallest absolute Gasteiger partial charge is 0.223 e. The minimum atomic E-state index is -1.08. The Morgan fingerprint density at radius 1 is 1.60 bits per heavy atom. The number of nitrogens with two attached hydrogens (primary N) is 1. The number of rotatable bonds is 1. The minimum absolute atomic E-state index is 0.0399. The molecule has 20 heavy (non-hydrogen) atoms. The van der Waals surface area contributed by atoms with E-state index in [1.807, 2.05) is 19.1 Å². The van der Waals surface area contributed by atoms with Gasteiger partial charge in [0.15, 0.2) is 0 Å². The van der Waals surface area contributed by atoms with Gasteiger partial charge in [0.25, 0.3) is 0 Å². The Hall–Kier alpha value is -1.59. The van der Waals surface area contributed by atoms with Crippen LogP contribution in [0.1, 0.15) is 31.4 Å². The maximum atomic E-state index is 11.9. The lowest BCUT2D eigenvalue weighted by Crippen LogP contribution is -2.46. The van der Waals surface area contributed by atoms with Crippen LogP contribution in [0.25, 0.3) is 0 Å². The van der Waals surface area contributed by atoms with Crippen LogP contribution in [0.4, 0.5) is 5.69 Å². The largest absolute Gasteiger partial charge is 0.488 e. The number of ether oxygens (including phenoxy) is 1. The van der Waals surface area contributed by atoms with Gasteiger partial charge < -0.3 is 20.5 Å². The van der Waals surface area contributed by atoms with E-state index in [9.17, 15) is 9.90 Å². The Balaban J connectivity index is 2.21. The summed E-state index contributed by atoms with van der Waals surface area (Å²) in [5.41, 5.74) is 7.17. The van der Waals surface area contributed by atoms with Crippen molar-refractivity contribution >= 4 is 11.6 Å². The third kappa shape index (κ3) is 1.81. The highest BCUT2D eigenvalue weighted by Crippen LogP contribution is 2.47. The fraction of sp³-hybridized carbons (Fsp3) is 0.533. The molecule has 0 saturated heterocycles. The molecule has 2 unspecified atom stereocenters. The van der Waals surface area contributed by atoms with Crippen LogP contribution >= 0.6 is 0 Å². The summed E-state index contributed by atoms with van der Waals surface area (Å²) in [5.74, 6) is 0.693. The zero-order chi connectivity index (χ0) is 14.5. The van der Waals surface area contributed by atoms with Gasteiger partial charge in [0.1, 0.15) is 17.5 Å². The molecule has 108 valence electrons. The first-order valence-corrected chi connectivity index (χ1v) is 7.00. The number of fused-ring (bicyclic) bond motifs is 3. The third-order valence-corrected chi connectivity index (χ3v) is 4.28. The Labute approximate surface area is 118 Å². The number of aliphatic hydroxyl groups is 1. The zero-order valence-electron chi connectivity index (χ0n) is 11.8. The first-order chi connectivity index (χ1) is 9.46. The highest BCUT2D eigenvalue weighted by molar-refractivity contribution is 5.95. The van der Waals surface area contributed by atoms with Crippen molar-refractivity contribution in [2.45, 2.75) is 38.4 Å². The summed E-state index contributed by atoms with van der Waals surface area (Å²) in [6.07, 6.45) is 1.37. The molecule has 0 aliphatic carbocycles. The molecule has 0 aromatic heterocycles. The van der Waals surface area contributed by atoms with Crippen molar-refractivity contribution in [3.8, 4) is 5.75 Å². The van der Waals surface area contributed by atoms with Gasteiger partial charge in [-0.1, -0.05) is 12.1 Å². The average Bonchev–Trinajstić information content (AvgIpc) is 2.79. The van der Waals surface area contributed by atoms with Crippen LogP contribution in [-0.2, 0) is 16.8 Å². The standard InChI is InChI=1S/C15H20N2O3/c1-9-7-11-3-4-12-13(14(11)20-9)17(10(2)18)6-5-15(12,19)8-16/h3-4,9,19H,5-8,16H2,1-2H3. The molecule has 1 amide bonds. The summed E-state index contributed by atoms with van der Waals surface area (Å²) in [4.78, 5) is 13.6. The number of amides is 1. The number of carbonyl (C=O) groups excluding carboxylic acids is 1. The molecule has 2 atom stereocenters. The first-order valence-electron chi connectivity index (χ1n) is 7.00. The van der Waals surface area contributed by atoms with E-state index >= 15 is 0 Å². The molecule has 1 aromatic carbocycles. The van der Waals surface area contributed by atoms with E-state index < -0.39 is 5.60 Å². The second kappa shape index (κ2) is 4.46. The van der Waals surface area contributed by atoms with Crippen molar-refractivity contribution in [1.82, 2.24) is 0 Å². The molecule has 0 saturated carbocycles. The predicted molar refractivity (Wildman–Crippen MR) is 75.8 cm³/mol. The molecule has 0 fully saturated rings. The molecule has 2 aliphatic heterocycles. The van der Waals surface area contributed by atoms with Crippen LogP contribution < -0.4 is 15.4 Å². The monoisotopic (exact) mass is 276 g/mol. The highest BCUT2D eigenvalue weighted by atomic mass is 16.5. The van der Waals surface area contributed by atoms with E-state index in [1.54, 1.807) is 4.90 Å². The van der Waals surface area contributed by atoms with Crippen LogP contribution in [0.3, 0.4) is 0 Å². The summed E-state index contributed by atoms with van der Waals surface area (Å²) in [6.45, 7) is 4.14. The summed E-state index contributed by atoms with van der Waals surface area (Å²) >= 11 is 0. The first kappa shape index (κ1) is 13.4. The van der Waals surface area contributed by atoms with E-state index in [0.29, 0.717) is 24.2 Å². The van der Waals surface area contributed by atoms with Crippen LogP contribution in [0.15, 0.2) is 12.1 Å². The van der Waals surface area contributed by atoms with Crippen LogP contribution in [-0.4, -0.2) is 30.2 Å². The maximum Gasteiger partial charge on any atom is 0.223 e. The van der Waals surface area contributed by atoms with Gasteiger partial charge in [0, 0.05) is 37.6 Å². The highest BCUT2D eigenvalue weighted by Gasteiger charge is 2.41. The Morgan fingerprint density at radius 2 is 2.35 bits per heavy atom. The Morgan fingerprint density at radius 3 is 3.00 bits per heavy atom. The second-order valence-electron chi connectivity index (χ2n) is 5.74. The summed E-state index contributed by atoms with van der Waals surface area (Å²) in [7, 11) is 0. The van der Waals surface area contributed by atoms with Gasteiger partial charge in [-0.3, -0.25) is 4.79 Å². The van der Waals surface area contributed by atoms with Gasteiger partial charge in [0.05, 0.1) is 5.69 Å². The predicted octanol–water partition coefficient (Wildman–Crippen LogP) is 0.913. The summed E-state index contributed by atoms with van der Waals surface area (Å²) < 4.78 is 5.88. The topological polar surface area (TPSA) is 75.8 Å². The molecule has 3 rings (SSSR count). The lowest BCUT2D eigenvalue weighted by Gasteiger charge is -2.39. The van der Waals surface area contributed by atoms with E-state index in [0.717, 1.165) is 17.7 Å². The summed E-state index contributed by atoms with van der Waals surface area (Å²) in [5, 5.41) is 10.7. The maximum absolute atomic E-state index is 11.9. The van der Waals surface area contributed by atoms with Gasteiger partial charge in [-0.15, -0.1) is 0 Å². The van der Waals surface area contributed by atoms with Crippen molar-refractivity contribution < 1.29 is 14.6 Å². The third-order valence-electron chi connectivity index (χ3n) is 4.28. The second-order valence-corrected chi connectivity index (χ2v) is 5.74. The number of benzene rings is 1. The lowest BCUT2D eigenvalue weighted by molar-refractivity contribution is -0.117. The minimum Gasteiger partial charge on any atom is -0.488 e. The fourth-order valence-electron chi connectivity index (χ4n) is 3.17. The van der Waals surface area contributed by atoms with Crippen LogP contribution in [0.5, 0.6) is 5.75 Å². The van der Waals surface area contributed by atoms with E-state index in [2.05, 4.69) is 0 Å². The number of hydrogen-bond donors (Lipinski definition) is 2. The lowest BCUT2D eigenvalue weighted by atomic mass is 9.84. The average molecular weight is 276 g/mol. The zero-order valence-corrected chi connectivity index (χ0v) is 11.8. The molecule has 5 heteroatoms. The quantitative estimate of drug-likeness (QED) is 0.799. The number of hydrogen-bond acceptors (Lipinski definition) is 4. The molecular weight excluding hydrogens is 256 g/mol. The van der Waals surface area contributed by atoms with Crippen LogP contribution in [0.2, 0.25) is 0 Å². The normalized spacial score (nSPS) is 27.8. The molecule has 3 N–H and O–H groups in total. The number of carbonyl (C=O) groups is 1.